The minimum Gasteiger partial charge on any atom is -0.399 e. The molecular weight excluding hydrogens is 240 g/mol. The number of nitrogen functional groups attached to an aromatic ring is 1. The van der Waals surface area contributed by atoms with E-state index in [0.29, 0.717) is 0 Å². The van der Waals surface area contributed by atoms with Gasteiger partial charge in [-0.3, -0.25) is 0 Å². The van der Waals surface area contributed by atoms with Crippen LogP contribution >= 0.6 is 11.8 Å². The van der Waals surface area contributed by atoms with Crippen molar-refractivity contribution >= 4 is 23.1 Å². The molecule has 2 aromatic rings. The summed E-state index contributed by atoms with van der Waals surface area (Å²) in [4.78, 5) is 1.36. The van der Waals surface area contributed by atoms with Gasteiger partial charge in [-0.05, 0) is 41.8 Å². The lowest BCUT2D eigenvalue weighted by Gasteiger charge is -2.18. The Labute approximate surface area is 112 Å². The summed E-state index contributed by atoms with van der Waals surface area (Å²) in [5.74, 6) is 1.15. The SMILES string of the molecule is Nc1cccc(Cc2ccc3c(c2)SCCN3)c1. The fourth-order valence-electron chi connectivity index (χ4n) is 2.23. The van der Waals surface area contributed by atoms with Crippen molar-refractivity contribution < 1.29 is 0 Å². The van der Waals surface area contributed by atoms with Crippen LogP contribution in [0.4, 0.5) is 11.4 Å². The molecule has 1 aliphatic heterocycles. The number of thioether (sulfide) groups is 1. The van der Waals surface area contributed by atoms with Gasteiger partial charge in [0.05, 0.1) is 0 Å². The zero-order valence-electron chi connectivity index (χ0n) is 10.1. The number of fused-ring (bicyclic) bond motifs is 1. The van der Waals surface area contributed by atoms with Gasteiger partial charge in [0.2, 0.25) is 0 Å². The Morgan fingerprint density at radius 1 is 1.11 bits per heavy atom. The van der Waals surface area contributed by atoms with Crippen LogP contribution < -0.4 is 11.1 Å². The molecule has 2 aromatic carbocycles. The van der Waals surface area contributed by atoms with Gasteiger partial charge in [-0.25, -0.2) is 0 Å². The Kier molecular flexibility index (Phi) is 3.15. The van der Waals surface area contributed by atoms with Gasteiger partial charge < -0.3 is 11.1 Å². The van der Waals surface area contributed by atoms with Crippen molar-refractivity contribution in [3.63, 3.8) is 0 Å². The molecule has 18 heavy (non-hydrogen) atoms. The van der Waals surface area contributed by atoms with E-state index in [0.717, 1.165) is 24.4 Å². The third kappa shape index (κ3) is 2.46. The first-order chi connectivity index (χ1) is 8.81. The highest BCUT2D eigenvalue weighted by molar-refractivity contribution is 7.99. The Morgan fingerprint density at radius 2 is 2.00 bits per heavy atom. The van der Waals surface area contributed by atoms with Crippen molar-refractivity contribution in [3.8, 4) is 0 Å². The molecule has 3 heteroatoms. The van der Waals surface area contributed by atoms with Crippen LogP contribution in [0.5, 0.6) is 0 Å². The number of hydrogen-bond acceptors (Lipinski definition) is 3. The highest BCUT2D eigenvalue weighted by Crippen LogP contribution is 2.32. The maximum Gasteiger partial charge on any atom is 0.0478 e. The first-order valence-electron chi connectivity index (χ1n) is 6.15. The number of nitrogens with two attached hydrogens (primary N) is 1. The Hall–Kier alpha value is -1.61. The fraction of sp³-hybridized carbons (Fsp3) is 0.200. The van der Waals surface area contributed by atoms with Gasteiger partial charge in [0.25, 0.3) is 0 Å². The Balaban J connectivity index is 1.85. The van der Waals surface area contributed by atoms with Crippen LogP contribution in [-0.4, -0.2) is 12.3 Å². The van der Waals surface area contributed by atoms with Gasteiger partial charge in [-0.2, -0.15) is 0 Å². The van der Waals surface area contributed by atoms with E-state index in [2.05, 4.69) is 29.6 Å². The molecule has 92 valence electrons. The summed E-state index contributed by atoms with van der Waals surface area (Å²) >= 11 is 1.93. The first-order valence-corrected chi connectivity index (χ1v) is 7.14. The van der Waals surface area contributed by atoms with Crippen LogP contribution in [0.25, 0.3) is 0 Å². The molecule has 0 bridgehead atoms. The largest absolute Gasteiger partial charge is 0.399 e. The van der Waals surface area contributed by atoms with Gasteiger partial charge in [0.1, 0.15) is 0 Å². The van der Waals surface area contributed by atoms with Crippen molar-refractivity contribution in [3.05, 3.63) is 53.6 Å². The van der Waals surface area contributed by atoms with Crippen molar-refractivity contribution in [1.29, 1.82) is 0 Å². The molecule has 3 N–H and O–H groups in total. The molecule has 0 spiro atoms. The highest BCUT2D eigenvalue weighted by Gasteiger charge is 2.09. The molecule has 0 aromatic heterocycles. The lowest BCUT2D eigenvalue weighted by molar-refractivity contribution is 1.13. The zero-order valence-corrected chi connectivity index (χ0v) is 11.0. The van der Waals surface area contributed by atoms with Crippen molar-refractivity contribution in [1.82, 2.24) is 0 Å². The molecule has 0 saturated carbocycles. The Bertz CT molecular complexity index is 566. The molecule has 1 heterocycles. The lowest BCUT2D eigenvalue weighted by atomic mass is 10.0. The van der Waals surface area contributed by atoms with Crippen molar-refractivity contribution in [2.75, 3.05) is 23.3 Å². The third-order valence-corrected chi connectivity index (χ3v) is 4.14. The Morgan fingerprint density at radius 3 is 2.89 bits per heavy atom. The predicted octanol–water partition coefficient (Wildman–Crippen LogP) is 3.38. The maximum absolute atomic E-state index is 5.81. The van der Waals surface area contributed by atoms with Gasteiger partial charge in [0, 0.05) is 28.6 Å². The van der Waals surface area contributed by atoms with Gasteiger partial charge in [-0.1, -0.05) is 18.2 Å². The van der Waals surface area contributed by atoms with Gasteiger partial charge >= 0.3 is 0 Å². The molecule has 1 aliphatic rings. The predicted molar refractivity (Wildman–Crippen MR) is 79.3 cm³/mol. The first kappa shape index (κ1) is 11.5. The summed E-state index contributed by atoms with van der Waals surface area (Å²) in [5.41, 5.74) is 10.5. The quantitative estimate of drug-likeness (QED) is 0.809. The number of anilines is 2. The van der Waals surface area contributed by atoms with Crippen LogP contribution in [0, 0.1) is 0 Å². The van der Waals surface area contributed by atoms with E-state index < -0.39 is 0 Å². The zero-order chi connectivity index (χ0) is 12.4. The minimum atomic E-state index is 0.835. The second kappa shape index (κ2) is 4.94. The van der Waals surface area contributed by atoms with E-state index in [4.69, 9.17) is 5.73 Å². The molecule has 2 nitrogen and oxygen atoms in total. The van der Waals surface area contributed by atoms with E-state index in [1.807, 2.05) is 30.0 Å². The monoisotopic (exact) mass is 256 g/mol. The number of nitrogens with one attached hydrogen (secondary N) is 1. The second-order valence-corrected chi connectivity index (χ2v) is 5.66. The van der Waals surface area contributed by atoms with E-state index in [1.165, 1.54) is 21.7 Å². The molecule has 0 aliphatic carbocycles. The second-order valence-electron chi connectivity index (χ2n) is 4.53. The van der Waals surface area contributed by atoms with Crippen molar-refractivity contribution in [2.45, 2.75) is 11.3 Å². The lowest BCUT2D eigenvalue weighted by Crippen LogP contribution is -2.10. The average Bonchev–Trinajstić information content (AvgIpc) is 2.39. The topological polar surface area (TPSA) is 38.0 Å². The average molecular weight is 256 g/mol. The van der Waals surface area contributed by atoms with E-state index in [-0.39, 0.29) is 0 Å². The number of hydrogen-bond donors (Lipinski definition) is 2. The van der Waals surface area contributed by atoms with Gasteiger partial charge in [-0.15, -0.1) is 11.8 Å². The molecule has 0 radical (unpaired) electrons. The summed E-state index contributed by atoms with van der Waals surface area (Å²) in [6.45, 7) is 1.06. The summed E-state index contributed by atoms with van der Waals surface area (Å²) in [7, 11) is 0. The molecule has 3 rings (SSSR count). The summed E-state index contributed by atoms with van der Waals surface area (Å²) in [6.07, 6.45) is 0.943. The summed E-state index contributed by atoms with van der Waals surface area (Å²) < 4.78 is 0. The molecule has 0 saturated heterocycles. The molecule has 0 fully saturated rings. The van der Waals surface area contributed by atoms with Crippen LogP contribution in [0.15, 0.2) is 47.4 Å². The highest BCUT2D eigenvalue weighted by atomic mass is 32.2. The molecular formula is C15H16N2S. The van der Waals surface area contributed by atoms with Crippen LogP contribution in [0.1, 0.15) is 11.1 Å². The standard InChI is InChI=1S/C15H16N2S/c16-13-3-1-2-11(9-13)8-12-4-5-14-15(10-12)18-7-6-17-14/h1-5,9-10,17H,6-8,16H2. The van der Waals surface area contributed by atoms with E-state index >= 15 is 0 Å². The molecule has 0 amide bonds. The normalized spacial score (nSPS) is 13.8. The summed E-state index contributed by atoms with van der Waals surface area (Å²) in [6, 6.07) is 14.8. The smallest absolute Gasteiger partial charge is 0.0478 e. The van der Waals surface area contributed by atoms with E-state index in [9.17, 15) is 0 Å². The number of rotatable bonds is 2. The molecule has 0 atom stereocenters. The fourth-order valence-corrected chi connectivity index (χ4v) is 3.18. The van der Waals surface area contributed by atoms with E-state index in [1.54, 1.807) is 0 Å². The maximum atomic E-state index is 5.81. The van der Waals surface area contributed by atoms with Crippen LogP contribution in [0.2, 0.25) is 0 Å². The van der Waals surface area contributed by atoms with Crippen LogP contribution in [0.3, 0.4) is 0 Å². The minimum absolute atomic E-state index is 0.835. The van der Waals surface area contributed by atoms with Crippen LogP contribution in [-0.2, 0) is 6.42 Å². The summed E-state index contributed by atoms with van der Waals surface area (Å²) in [5, 5.41) is 3.42. The number of benzene rings is 2. The third-order valence-electron chi connectivity index (χ3n) is 3.08. The van der Waals surface area contributed by atoms with Gasteiger partial charge in [0.15, 0.2) is 0 Å². The van der Waals surface area contributed by atoms with Crippen molar-refractivity contribution in [2.24, 2.45) is 0 Å². The molecule has 0 unspecified atom stereocenters.